The maximum atomic E-state index is 12.5. The average molecular weight is 325 g/mol. The lowest BCUT2D eigenvalue weighted by molar-refractivity contribution is 0.456. The molecule has 5 nitrogen and oxygen atoms in total. The lowest BCUT2D eigenvalue weighted by atomic mass is 9.96. The van der Waals surface area contributed by atoms with Crippen molar-refractivity contribution in [2.75, 3.05) is 23.7 Å². The van der Waals surface area contributed by atoms with E-state index < -0.39 is 14.6 Å². The highest BCUT2D eigenvalue weighted by molar-refractivity contribution is 7.92. The van der Waals surface area contributed by atoms with Crippen molar-refractivity contribution in [1.82, 2.24) is 9.97 Å². The molecule has 2 heterocycles. The molecule has 1 aromatic heterocycles. The van der Waals surface area contributed by atoms with Gasteiger partial charge in [0.25, 0.3) is 0 Å². The lowest BCUT2D eigenvalue weighted by Gasteiger charge is -2.42. The number of hydrogen-bond donors (Lipinski definition) is 0. The van der Waals surface area contributed by atoms with Crippen LogP contribution in [0.25, 0.3) is 0 Å². The summed E-state index contributed by atoms with van der Waals surface area (Å²) in [6, 6.07) is 1.88. The van der Waals surface area contributed by atoms with E-state index in [1.807, 2.05) is 19.9 Å². The van der Waals surface area contributed by atoms with Gasteiger partial charge in [-0.25, -0.2) is 18.4 Å². The molecule has 0 radical (unpaired) electrons. The molecule has 0 amide bonds. The minimum absolute atomic E-state index is 0.121. The fourth-order valence-electron chi connectivity index (χ4n) is 2.97. The molecular formula is C16H27N3O2S. The van der Waals surface area contributed by atoms with Crippen molar-refractivity contribution in [2.24, 2.45) is 0 Å². The van der Waals surface area contributed by atoms with Gasteiger partial charge in [-0.15, -0.1) is 0 Å². The summed E-state index contributed by atoms with van der Waals surface area (Å²) >= 11 is 0. The van der Waals surface area contributed by atoms with Crippen LogP contribution >= 0.6 is 0 Å². The Hall–Kier alpha value is -1.17. The fourth-order valence-corrected chi connectivity index (χ4v) is 5.09. The molecule has 1 aliphatic rings. The molecule has 1 aliphatic heterocycles. The minimum Gasteiger partial charge on any atom is -0.354 e. The van der Waals surface area contributed by atoms with Gasteiger partial charge in [-0.05, 0) is 18.9 Å². The van der Waals surface area contributed by atoms with Crippen molar-refractivity contribution in [2.45, 2.75) is 57.6 Å². The SMILES string of the molecule is CCC1(CC)CN(c2ccnc(C(C)(C)C)n2)CCS1(=O)=O. The summed E-state index contributed by atoms with van der Waals surface area (Å²) < 4.78 is 24.4. The normalized spacial score (nSPS) is 20.9. The van der Waals surface area contributed by atoms with Crippen LogP contribution in [-0.4, -0.2) is 42.0 Å². The first kappa shape index (κ1) is 17.2. The van der Waals surface area contributed by atoms with E-state index >= 15 is 0 Å². The highest BCUT2D eigenvalue weighted by atomic mass is 32.2. The maximum absolute atomic E-state index is 12.5. The first-order valence-corrected chi connectivity index (χ1v) is 9.61. The Kier molecular flexibility index (Phi) is 4.53. The summed E-state index contributed by atoms with van der Waals surface area (Å²) in [6.45, 7) is 11.2. The summed E-state index contributed by atoms with van der Waals surface area (Å²) in [5.74, 6) is 1.82. The monoisotopic (exact) mass is 325 g/mol. The van der Waals surface area contributed by atoms with Gasteiger partial charge in [0.1, 0.15) is 11.6 Å². The molecule has 2 rings (SSSR count). The van der Waals surface area contributed by atoms with E-state index in [1.165, 1.54) is 0 Å². The predicted molar refractivity (Wildman–Crippen MR) is 90.0 cm³/mol. The Bertz CT molecular complexity index is 631. The van der Waals surface area contributed by atoms with Crippen LogP contribution in [0.1, 0.15) is 53.3 Å². The van der Waals surface area contributed by atoms with E-state index in [9.17, 15) is 8.42 Å². The summed E-state index contributed by atoms with van der Waals surface area (Å²) in [7, 11) is -3.05. The first-order valence-electron chi connectivity index (χ1n) is 7.96. The largest absolute Gasteiger partial charge is 0.354 e. The lowest BCUT2D eigenvalue weighted by Crippen LogP contribution is -2.56. The second-order valence-electron chi connectivity index (χ2n) is 7.12. The summed E-state index contributed by atoms with van der Waals surface area (Å²) in [4.78, 5) is 11.1. The molecule has 0 spiro atoms. The van der Waals surface area contributed by atoms with Gasteiger partial charge in [0.15, 0.2) is 9.84 Å². The van der Waals surface area contributed by atoms with Gasteiger partial charge in [-0.1, -0.05) is 34.6 Å². The number of aromatic nitrogens is 2. The molecule has 0 N–H and O–H groups in total. The summed E-state index contributed by atoms with van der Waals surface area (Å²) in [6.07, 6.45) is 3.05. The van der Waals surface area contributed by atoms with Crippen molar-refractivity contribution >= 4 is 15.7 Å². The van der Waals surface area contributed by atoms with Gasteiger partial charge < -0.3 is 4.90 Å². The van der Waals surface area contributed by atoms with Gasteiger partial charge in [0, 0.05) is 24.7 Å². The molecule has 22 heavy (non-hydrogen) atoms. The molecule has 124 valence electrons. The van der Waals surface area contributed by atoms with E-state index in [4.69, 9.17) is 0 Å². The molecule has 0 aliphatic carbocycles. The Labute approximate surface area is 134 Å². The Morgan fingerprint density at radius 2 is 1.91 bits per heavy atom. The van der Waals surface area contributed by atoms with Crippen molar-refractivity contribution in [1.29, 1.82) is 0 Å². The number of rotatable bonds is 3. The smallest absolute Gasteiger partial charge is 0.159 e. The molecule has 0 atom stereocenters. The second kappa shape index (κ2) is 5.80. The van der Waals surface area contributed by atoms with Crippen molar-refractivity contribution in [3.63, 3.8) is 0 Å². The van der Waals surface area contributed by atoms with Crippen LogP contribution in [0.4, 0.5) is 5.82 Å². The molecule has 1 fully saturated rings. The second-order valence-corrected chi connectivity index (χ2v) is 9.62. The van der Waals surface area contributed by atoms with Crippen molar-refractivity contribution < 1.29 is 8.42 Å². The standard InChI is InChI=1S/C16H27N3O2S/c1-6-16(7-2)12-19(10-11-22(16,20)21)13-8-9-17-14(18-13)15(3,4)5/h8-9H,6-7,10-12H2,1-5H3. The van der Waals surface area contributed by atoms with Gasteiger partial charge in [0.2, 0.25) is 0 Å². The number of nitrogens with zero attached hydrogens (tertiary/aromatic N) is 3. The molecule has 0 bridgehead atoms. The zero-order valence-corrected chi connectivity index (χ0v) is 15.1. The van der Waals surface area contributed by atoms with Crippen LogP contribution in [0.5, 0.6) is 0 Å². The molecular weight excluding hydrogens is 298 g/mol. The average Bonchev–Trinajstić information content (AvgIpc) is 2.47. The van der Waals surface area contributed by atoms with Crippen molar-refractivity contribution in [3.8, 4) is 0 Å². The number of anilines is 1. The van der Waals surface area contributed by atoms with Crippen LogP contribution in [0.3, 0.4) is 0 Å². The maximum Gasteiger partial charge on any atom is 0.159 e. The third kappa shape index (κ3) is 2.98. The van der Waals surface area contributed by atoms with Crippen molar-refractivity contribution in [3.05, 3.63) is 18.1 Å². The molecule has 0 aromatic carbocycles. The Balaban J connectivity index is 2.36. The molecule has 1 saturated heterocycles. The zero-order valence-electron chi connectivity index (χ0n) is 14.3. The van der Waals surface area contributed by atoms with Crippen LogP contribution in [0.2, 0.25) is 0 Å². The molecule has 0 unspecified atom stereocenters. The first-order chi connectivity index (χ1) is 10.1. The topological polar surface area (TPSA) is 63.2 Å². The predicted octanol–water partition coefficient (Wildman–Crippen LogP) is 2.57. The zero-order chi connectivity index (χ0) is 16.6. The quantitative estimate of drug-likeness (QED) is 0.854. The Morgan fingerprint density at radius 3 is 2.45 bits per heavy atom. The molecule has 1 aromatic rings. The number of sulfone groups is 1. The molecule has 6 heteroatoms. The van der Waals surface area contributed by atoms with E-state index in [-0.39, 0.29) is 11.2 Å². The van der Waals surface area contributed by atoms with Crippen LogP contribution in [-0.2, 0) is 15.3 Å². The van der Waals surface area contributed by atoms with Gasteiger partial charge in [-0.3, -0.25) is 0 Å². The molecule has 0 saturated carbocycles. The van der Waals surface area contributed by atoms with E-state index in [2.05, 4.69) is 35.6 Å². The third-order valence-electron chi connectivity index (χ3n) is 4.69. The highest BCUT2D eigenvalue weighted by Gasteiger charge is 2.45. The Morgan fingerprint density at radius 1 is 1.27 bits per heavy atom. The number of hydrogen-bond acceptors (Lipinski definition) is 5. The van der Waals surface area contributed by atoms with Crippen LogP contribution in [0, 0.1) is 0 Å². The van der Waals surface area contributed by atoms with E-state index in [1.54, 1.807) is 6.20 Å². The van der Waals surface area contributed by atoms with Crippen LogP contribution in [0.15, 0.2) is 12.3 Å². The van der Waals surface area contributed by atoms with E-state index in [0.29, 0.717) is 25.9 Å². The van der Waals surface area contributed by atoms with E-state index in [0.717, 1.165) is 11.6 Å². The fraction of sp³-hybridized carbons (Fsp3) is 0.750. The van der Waals surface area contributed by atoms with Gasteiger partial charge >= 0.3 is 0 Å². The summed E-state index contributed by atoms with van der Waals surface area (Å²) in [5.41, 5.74) is -0.121. The highest BCUT2D eigenvalue weighted by Crippen LogP contribution is 2.33. The summed E-state index contributed by atoms with van der Waals surface area (Å²) in [5, 5.41) is 0. The third-order valence-corrected chi connectivity index (χ3v) is 7.44. The van der Waals surface area contributed by atoms with Gasteiger partial charge in [0.05, 0.1) is 10.5 Å². The van der Waals surface area contributed by atoms with Gasteiger partial charge in [-0.2, -0.15) is 0 Å². The van der Waals surface area contributed by atoms with Crippen LogP contribution < -0.4 is 4.90 Å². The minimum atomic E-state index is -3.05.